The summed E-state index contributed by atoms with van der Waals surface area (Å²) in [5.41, 5.74) is 1.03. The van der Waals surface area contributed by atoms with Gasteiger partial charge in [-0.2, -0.15) is 0 Å². The van der Waals surface area contributed by atoms with E-state index in [0.717, 1.165) is 38.0 Å². The molecule has 3 heteroatoms. The summed E-state index contributed by atoms with van der Waals surface area (Å²) in [6, 6.07) is 5.23. The molecule has 1 rings (SSSR count). The quantitative estimate of drug-likeness (QED) is 0.758. The first-order valence-electron chi connectivity index (χ1n) is 5.84. The molecule has 0 aliphatic heterocycles. The zero-order valence-corrected chi connectivity index (χ0v) is 11.6. The van der Waals surface area contributed by atoms with E-state index in [1.165, 1.54) is 6.07 Å². The Morgan fingerprint density at radius 1 is 1.19 bits per heavy atom. The number of hydrogen-bond acceptors (Lipinski definition) is 1. The van der Waals surface area contributed by atoms with Crippen LogP contribution in [-0.2, 0) is 6.54 Å². The van der Waals surface area contributed by atoms with Crippen LogP contribution in [0, 0.1) is 5.82 Å². The Hall–Kier alpha value is -0.410. The molecule has 0 N–H and O–H groups in total. The smallest absolute Gasteiger partial charge is 0.137 e. The molecule has 0 saturated heterocycles. The Bertz CT molecular complexity index is 322. The van der Waals surface area contributed by atoms with Crippen molar-refractivity contribution in [2.24, 2.45) is 0 Å². The molecule has 0 amide bonds. The fraction of sp³-hybridized carbons (Fsp3) is 0.538. The van der Waals surface area contributed by atoms with Gasteiger partial charge in [-0.1, -0.05) is 26.0 Å². The van der Waals surface area contributed by atoms with Crippen LogP contribution in [0.3, 0.4) is 0 Å². The normalized spacial score (nSPS) is 11.1. The summed E-state index contributed by atoms with van der Waals surface area (Å²) in [4.78, 5) is 2.36. The van der Waals surface area contributed by atoms with E-state index in [1.54, 1.807) is 6.07 Å². The molecule has 0 heterocycles. The van der Waals surface area contributed by atoms with Crippen LogP contribution in [0.2, 0.25) is 0 Å². The Labute approximate surface area is 106 Å². The van der Waals surface area contributed by atoms with Crippen LogP contribution < -0.4 is 0 Å². The number of hydrogen-bond donors (Lipinski definition) is 0. The van der Waals surface area contributed by atoms with Gasteiger partial charge in [-0.25, -0.2) is 4.39 Å². The van der Waals surface area contributed by atoms with Gasteiger partial charge in [0.15, 0.2) is 0 Å². The highest BCUT2D eigenvalue weighted by molar-refractivity contribution is 9.10. The van der Waals surface area contributed by atoms with Crippen LogP contribution in [-0.4, -0.2) is 18.0 Å². The van der Waals surface area contributed by atoms with E-state index in [4.69, 9.17) is 0 Å². The van der Waals surface area contributed by atoms with E-state index in [-0.39, 0.29) is 5.82 Å². The Balaban J connectivity index is 2.72. The standard InChI is InChI=1S/C13H19BrFN/c1-3-8-16(9-4-2)10-11-6-5-7-12(15)13(11)14/h5-7H,3-4,8-10H2,1-2H3. The van der Waals surface area contributed by atoms with Gasteiger partial charge in [0.2, 0.25) is 0 Å². The summed E-state index contributed by atoms with van der Waals surface area (Å²) in [5.74, 6) is -0.176. The Kier molecular flexibility index (Phi) is 5.99. The minimum Gasteiger partial charge on any atom is -0.299 e. The van der Waals surface area contributed by atoms with Crippen molar-refractivity contribution < 1.29 is 4.39 Å². The predicted molar refractivity (Wildman–Crippen MR) is 70.0 cm³/mol. The molecule has 0 atom stereocenters. The van der Waals surface area contributed by atoms with Crippen molar-refractivity contribution in [1.29, 1.82) is 0 Å². The molecule has 0 aromatic heterocycles. The maximum atomic E-state index is 13.3. The molecule has 0 radical (unpaired) electrons. The van der Waals surface area contributed by atoms with Gasteiger partial charge >= 0.3 is 0 Å². The third kappa shape index (κ3) is 3.87. The highest BCUT2D eigenvalue weighted by Gasteiger charge is 2.09. The Morgan fingerprint density at radius 2 is 1.81 bits per heavy atom. The van der Waals surface area contributed by atoms with E-state index in [0.29, 0.717) is 4.47 Å². The monoisotopic (exact) mass is 287 g/mol. The van der Waals surface area contributed by atoms with Crippen LogP contribution in [0.25, 0.3) is 0 Å². The van der Waals surface area contributed by atoms with Crippen LogP contribution in [0.5, 0.6) is 0 Å². The molecule has 0 spiro atoms. The van der Waals surface area contributed by atoms with Gasteiger partial charge in [-0.15, -0.1) is 0 Å². The summed E-state index contributed by atoms with van der Waals surface area (Å²) in [6.07, 6.45) is 2.26. The summed E-state index contributed by atoms with van der Waals surface area (Å²) >= 11 is 3.31. The maximum Gasteiger partial charge on any atom is 0.137 e. The summed E-state index contributed by atoms with van der Waals surface area (Å²) in [5, 5.41) is 0. The number of benzene rings is 1. The molecule has 0 fully saturated rings. The van der Waals surface area contributed by atoms with Crippen LogP contribution >= 0.6 is 15.9 Å². The fourth-order valence-electron chi connectivity index (χ4n) is 1.81. The first kappa shape index (κ1) is 13.7. The average molecular weight is 288 g/mol. The van der Waals surface area contributed by atoms with Crippen molar-refractivity contribution in [3.05, 3.63) is 34.1 Å². The third-order valence-corrected chi connectivity index (χ3v) is 3.39. The maximum absolute atomic E-state index is 13.3. The van der Waals surface area contributed by atoms with Gasteiger partial charge in [0, 0.05) is 6.54 Å². The average Bonchev–Trinajstić information content (AvgIpc) is 2.25. The van der Waals surface area contributed by atoms with Gasteiger partial charge in [-0.3, -0.25) is 4.90 Å². The van der Waals surface area contributed by atoms with Crippen LogP contribution in [0.1, 0.15) is 32.3 Å². The lowest BCUT2D eigenvalue weighted by Crippen LogP contribution is -2.25. The summed E-state index contributed by atoms with van der Waals surface area (Å²) < 4.78 is 13.9. The number of halogens is 2. The lowest BCUT2D eigenvalue weighted by Gasteiger charge is -2.21. The first-order chi connectivity index (χ1) is 7.69. The van der Waals surface area contributed by atoms with Gasteiger partial charge in [0.25, 0.3) is 0 Å². The van der Waals surface area contributed by atoms with Gasteiger partial charge < -0.3 is 0 Å². The van der Waals surface area contributed by atoms with Crippen molar-refractivity contribution in [2.75, 3.05) is 13.1 Å². The summed E-state index contributed by atoms with van der Waals surface area (Å²) in [6.45, 7) is 7.29. The second-order valence-corrected chi connectivity index (χ2v) is 4.78. The van der Waals surface area contributed by atoms with E-state index in [9.17, 15) is 4.39 Å². The van der Waals surface area contributed by atoms with E-state index in [2.05, 4.69) is 34.7 Å². The first-order valence-corrected chi connectivity index (χ1v) is 6.63. The predicted octanol–water partition coefficient (Wildman–Crippen LogP) is 4.21. The molecule has 1 aromatic carbocycles. The highest BCUT2D eigenvalue weighted by atomic mass is 79.9. The molecule has 0 bridgehead atoms. The SMILES string of the molecule is CCCN(CCC)Cc1cccc(F)c1Br. The lowest BCUT2D eigenvalue weighted by molar-refractivity contribution is 0.265. The zero-order valence-electron chi connectivity index (χ0n) is 9.97. The topological polar surface area (TPSA) is 3.24 Å². The molecule has 1 nitrogen and oxygen atoms in total. The van der Waals surface area contributed by atoms with Crippen molar-refractivity contribution >= 4 is 15.9 Å². The van der Waals surface area contributed by atoms with Crippen molar-refractivity contribution in [2.45, 2.75) is 33.2 Å². The van der Waals surface area contributed by atoms with Gasteiger partial charge in [-0.05, 0) is 53.5 Å². The van der Waals surface area contributed by atoms with Crippen LogP contribution in [0.4, 0.5) is 4.39 Å². The second-order valence-electron chi connectivity index (χ2n) is 3.99. The van der Waals surface area contributed by atoms with E-state index in [1.807, 2.05) is 6.07 Å². The van der Waals surface area contributed by atoms with E-state index < -0.39 is 0 Å². The largest absolute Gasteiger partial charge is 0.299 e. The molecular weight excluding hydrogens is 269 g/mol. The van der Waals surface area contributed by atoms with Gasteiger partial charge in [0.1, 0.15) is 5.82 Å². The third-order valence-electron chi connectivity index (χ3n) is 2.51. The molecule has 16 heavy (non-hydrogen) atoms. The number of nitrogens with zero attached hydrogens (tertiary/aromatic N) is 1. The molecule has 0 unspecified atom stereocenters. The van der Waals surface area contributed by atoms with Crippen molar-refractivity contribution in [1.82, 2.24) is 4.90 Å². The van der Waals surface area contributed by atoms with Crippen LogP contribution in [0.15, 0.2) is 22.7 Å². The number of rotatable bonds is 6. The molecule has 90 valence electrons. The fourth-order valence-corrected chi connectivity index (χ4v) is 2.20. The highest BCUT2D eigenvalue weighted by Crippen LogP contribution is 2.21. The zero-order chi connectivity index (χ0) is 12.0. The lowest BCUT2D eigenvalue weighted by atomic mass is 10.2. The molecule has 0 saturated carbocycles. The minimum atomic E-state index is -0.176. The van der Waals surface area contributed by atoms with Crippen molar-refractivity contribution in [3.63, 3.8) is 0 Å². The molecule has 1 aromatic rings. The Morgan fingerprint density at radius 3 is 2.38 bits per heavy atom. The minimum absolute atomic E-state index is 0.176. The van der Waals surface area contributed by atoms with Crippen molar-refractivity contribution in [3.8, 4) is 0 Å². The van der Waals surface area contributed by atoms with E-state index >= 15 is 0 Å². The second kappa shape index (κ2) is 7.02. The van der Waals surface area contributed by atoms with Gasteiger partial charge in [0.05, 0.1) is 4.47 Å². The molecule has 0 aliphatic carbocycles. The summed E-state index contributed by atoms with van der Waals surface area (Å²) in [7, 11) is 0. The molecule has 0 aliphatic rings. The molecular formula is C13H19BrFN.